The molecule has 6 nitrogen and oxygen atoms in total. The molecule has 2 aromatic heterocycles. The number of likely N-dealkylation sites (N-methyl/N-ethyl adjacent to an activating group) is 1. The number of piperazine rings is 1. The third kappa shape index (κ3) is 3.35. The van der Waals surface area contributed by atoms with Crippen LogP contribution in [0.3, 0.4) is 0 Å². The van der Waals surface area contributed by atoms with Crippen molar-refractivity contribution in [1.29, 1.82) is 0 Å². The molecule has 0 bridgehead atoms. The van der Waals surface area contributed by atoms with Crippen LogP contribution in [-0.4, -0.2) is 68.8 Å². The Labute approximate surface area is 131 Å². The van der Waals surface area contributed by atoms with Crippen LogP contribution in [0.2, 0.25) is 0 Å². The lowest BCUT2D eigenvalue weighted by molar-refractivity contribution is 0.0733. The summed E-state index contributed by atoms with van der Waals surface area (Å²) in [5, 5.41) is 9.21. The third-order valence-corrected chi connectivity index (χ3v) is 4.31. The molecule has 2 aromatic rings. The van der Waals surface area contributed by atoms with Gasteiger partial charge in [0.2, 0.25) is 5.95 Å². The fourth-order valence-corrected chi connectivity index (χ4v) is 3.00. The van der Waals surface area contributed by atoms with Gasteiger partial charge in [-0.1, -0.05) is 0 Å². The van der Waals surface area contributed by atoms with E-state index >= 15 is 0 Å². The molecule has 1 saturated heterocycles. The predicted molar refractivity (Wildman–Crippen MR) is 84.8 cm³/mol. The van der Waals surface area contributed by atoms with Gasteiger partial charge in [0, 0.05) is 63.1 Å². The Morgan fingerprint density at radius 1 is 1.23 bits per heavy atom. The lowest BCUT2D eigenvalue weighted by Crippen LogP contribution is -2.51. The van der Waals surface area contributed by atoms with Crippen molar-refractivity contribution in [3.8, 4) is 5.95 Å². The quantitative estimate of drug-likeness (QED) is 0.884. The molecule has 3 heterocycles. The van der Waals surface area contributed by atoms with Crippen molar-refractivity contribution < 1.29 is 5.11 Å². The Kier molecular flexibility index (Phi) is 4.82. The second kappa shape index (κ2) is 7.00. The van der Waals surface area contributed by atoms with Crippen molar-refractivity contribution in [2.75, 3.05) is 33.3 Å². The molecule has 1 fully saturated rings. The normalized spacial score (nSPS) is 20.4. The van der Waals surface area contributed by atoms with Gasteiger partial charge in [-0.05, 0) is 31.7 Å². The summed E-state index contributed by atoms with van der Waals surface area (Å²) in [6.07, 6.45) is 6.36. The van der Waals surface area contributed by atoms with Gasteiger partial charge >= 0.3 is 0 Å². The highest BCUT2D eigenvalue weighted by atomic mass is 16.3. The smallest absolute Gasteiger partial charge is 0.233 e. The molecule has 1 aliphatic rings. The molecule has 0 unspecified atom stereocenters. The Balaban J connectivity index is 1.70. The molecular formula is C16H23N5O. The van der Waals surface area contributed by atoms with Gasteiger partial charge in [-0.3, -0.25) is 9.47 Å². The first-order valence-electron chi connectivity index (χ1n) is 7.75. The molecule has 0 amide bonds. The molecule has 6 heteroatoms. The first-order chi connectivity index (χ1) is 10.8. The molecule has 1 aliphatic heterocycles. The topological polar surface area (TPSA) is 57.4 Å². The first-order valence-corrected chi connectivity index (χ1v) is 7.75. The molecule has 0 aliphatic carbocycles. The van der Waals surface area contributed by atoms with E-state index in [0.717, 1.165) is 32.6 Å². The number of aromatic nitrogens is 3. The van der Waals surface area contributed by atoms with E-state index in [1.165, 1.54) is 5.69 Å². The van der Waals surface area contributed by atoms with Gasteiger partial charge in [-0.2, -0.15) is 0 Å². The minimum absolute atomic E-state index is 0.247. The van der Waals surface area contributed by atoms with Gasteiger partial charge in [0.25, 0.3) is 0 Å². The number of aliphatic hydroxyl groups excluding tert-OH is 1. The van der Waals surface area contributed by atoms with E-state index in [2.05, 4.69) is 32.9 Å². The molecular weight excluding hydrogens is 278 g/mol. The van der Waals surface area contributed by atoms with Gasteiger partial charge < -0.3 is 10.0 Å². The van der Waals surface area contributed by atoms with Crippen molar-refractivity contribution in [2.24, 2.45) is 0 Å². The summed E-state index contributed by atoms with van der Waals surface area (Å²) in [6.45, 7) is 4.18. The highest BCUT2D eigenvalue weighted by Crippen LogP contribution is 2.16. The van der Waals surface area contributed by atoms with E-state index in [4.69, 9.17) is 0 Å². The summed E-state index contributed by atoms with van der Waals surface area (Å²) in [4.78, 5) is 13.4. The van der Waals surface area contributed by atoms with Crippen LogP contribution in [0.25, 0.3) is 5.95 Å². The van der Waals surface area contributed by atoms with E-state index in [-0.39, 0.29) is 6.61 Å². The maximum Gasteiger partial charge on any atom is 0.233 e. The third-order valence-electron chi connectivity index (χ3n) is 4.31. The molecule has 0 saturated carbocycles. The van der Waals surface area contributed by atoms with E-state index < -0.39 is 0 Å². The van der Waals surface area contributed by atoms with Crippen molar-refractivity contribution in [3.63, 3.8) is 0 Å². The van der Waals surface area contributed by atoms with E-state index in [0.29, 0.717) is 12.0 Å². The molecule has 0 radical (unpaired) electrons. The van der Waals surface area contributed by atoms with Crippen molar-refractivity contribution in [3.05, 3.63) is 42.5 Å². The van der Waals surface area contributed by atoms with Crippen LogP contribution in [0, 0.1) is 0 Å². The largest absolute Gasteiger partial charge is 0.396 e. The van der Waals surface area contributed by atoms with Crippen LogP contribution in [0.4, 0.5) is 0 Å². The number of rotatable bonds is 5. The summed E-state index contributed by atoms with van der Waals surface area (Å²) < 4.78 is 2.04. The number of nitrogens with zero attached hydrogens (tertiary/aromatic N) is 5. The van der Waals surface area contributed by atoms with Gasteiger partial charge in [0.15, 0.2) is 0 Å². The second-order valence-electron chi connectivity index (χ2n) is 5.80. The number of hydrogen-bond donors (Lipinski definition) is 1. The van der Waals surface area contributed by atoms with Crippen molar-refractivity contribution >= 4 is 0 Å². The fraction of sp³-hybridized carbons (Fsp3) is 0.500. The monoisotopic (exact) mass is 301 g/mol. The van der Waals surface area contributed by atoms with E-state index in [9.17, 15) is 5.11 Å². The SMILES string of the molecule is CN1CCN(Cc2cccn2-c2ncccn2)C[C@H]1CCO. The second-order valence-corrected chi connectivity index (χ2v) is 5.80. The van der Waals surface area contributed by atoms with Gasteiger partial charge in [-0.25, -0.2) is 9.97 Å². The Hall–Kier alpha value is -1.76. The zero-order valence-electron chi connectivity index (χ0n) is 13.0. The highest BCUT2D eigenvalue weighted by molar-refractivity contribution is 5.20. The average Bonchev–Trinajstić information content (AvgIpc) is 3.00. The summed E-state index contributed by atoms with van der Waals surface area (Å²) in [5.41, 5.74) is 1.19. The van der Waals surface area contributed by atoms with Gasteiger partial charge in [-0.15, -0.1) is 0 Å². The van der Waals surface area contributed by atoms with Crippen LogP contribution in [0.15, 0.2) is 36.8 Å². The molecule has 22 heavy (non-hydrogen) atoms. The molecule has 0 spiro atoms. The first kappa shape index (κ1) is 15.1. The maximum absolute atomic E-state index is 9.21. The standard InChI is InChI=1S/C16H23N5O/c1-19-9-10-20(12-14(19)5-11-22)13-15-4-2-8-21(15)16-17-6-3-7-18-16/h2-4,6-8,14,22H,5,9-13H2,1H3/t14-/m1/s1. The zero-order valence-corrected chi connectivity index (χ0v) is 13.0. The van der Waals surface area contributed by atoms with Gasteiger partial charge in [0.1, 0.15) is 0 Å². The Bertz CT molecular complexity index is 585. The molecule has 1 atom stereocenters. The fourth-order valence-electron chi connectivity index (χ4n) is 3.00. The van der Waals surface area contributed by atoms with E-state index in [1.54, 1.807) is 12.4 Å². The highest BCUT2D eigenvalue weighted by Gasteiger charge is 2.24. The molecule has 1 N–H and O–H groups in total. The minimum Gasteiger partial charge on any atom is -0.396 e. The zero-order chi connectivity index (χ0) is 15.4. The minimum atomic E-state index is 0.247. The lowest BCUT2D eigenvalue weighted by atomic mass is 10.1. The van der Waals surface area contributed by atoms with Crippen LogP contribution < -0.4 is 0 Å². The molecule has 118 valence electrons. The Morgan fingerprint density at radius 2 is 2.05 bits per heavy atom. The predicted octanol–water partition coefficient (Wildman–Crippen LogP) is 0.766. The van der Waals surface area contributed by atoms with E-state index in [1.807, 2.05) is 22.9 Å². The summed E-state index contributed by atoms with van der Waals surface area (Å²) >= 11 is 0. The number of aliphatic hydroxyl groups is 1. The summed E-state index contributed by atoms with van der Waals surface area (Å²) in [7, 11) is 2.14. The van der Waals surface area contributed by atoms with Crippen molar-refractivity contribution in [2.45, 2.75) is 19.0 Å². The molecule has 0 aromatic carbocycles. The molecule has 3 rings (SSSR count). The Morgan fingerprint density at radius 3 is 2.82 bits per heavy atom. The average molecular weight is 301 g/mol. The lowest BCUT2D eigenvalue weighted by Gasteiger charge is -2.39. The van der Waals surface area contributed by atoms with Crippen LogP contribution in [0.1, 0.15) is 12.1 Å². The van der Waals surface area contributed by atoms with Gasteiger partial charge in [0.05, 0.1) is 0 Å². The number of hydrogen-bond acceptors (Lipinski definition) is 5. The van der Waals surface area contributed by atoms with Crippen LogP contribution in [0.5, 0.6) is 0 Å². The van der Waals surface area contributed by atoms with Crippen LogP contribution in [-0.2, 0) is 6.54 Å². The van der Waals surface area contributed by atoms with Crippen molar-refractivity contribution in [1.82, 2.24) is 24.3 Å². The summed E-state index contributed by atoms with van der Waals surface area (Å²) in [6, 6.07) is 6.41. The maximum atomic E-state index is 9.21. The summed E-state index contributed by atoms with van der Waals surface area (Å²) in [5.74, 6) is 0.712. The van der Waals surface area contributed by atoms with Crippen LogP contribution >= 0.6 is 0 Å².